The molecule has 0 aromatic heterocycles. The smallest absolute Gasteiger partial charge is 0.0904 e. The molecule has 88 valence electrons. The third-order valence-electron chi connectivity index (χ3n) is 3.61. The zero-order valence-corrected chi connectivity index (χ0v) is 10.6. The number of aliphatic hydroxyl groups excluding tert-OH is 1. The molecule has 2 unspecified atom stereocenters. The molecule has 0 amide bonds. The molecule has 2 rings (SSSR count). The number of hydrogen-bond donors (Lipinski definition) is 1. The van der Waals surface area contributed by atoms with Crippen LogP contribution in [0.25, 0.3) is 0 Å². The molecule has 2 atom stereocenters. The van der Waals surface area contributed by atoms with E-state index in [1.54, 1.807) is 0 Å². The number of benzene rings is 1. The third-order valence-corrected chi connectivity index (χ3v) is 3.97. The third kappa shape index (κ3) is 1.75. The second-order valence-electron chi connectivity index (χ2n) is 4.99. The normalized spacial score (nSPS) is 27.6. The Bertz CT molecular complexity index is 401. The fourth-order valence-corrected chi connectivity index (χ4v) is 2.31. The molecule has 0 saturated carbocycles. The maximum atomic E-state index is 9.05. The van der Waals surface area contributed by atoms with E-state index in [-0.39, 0.29) is 24.2 Å². The van der Waals surface area contributed by atoms with Crippen molar-refractivity contribution in [1.29, 1.82) is 0 Å². The Morgan fingerprint density at radius 2 is 2.12 bits per heavy atom. The van der Waals surface area contributed by atoms with Gasteiger partial charge in [0.05, 0.1) is 18.8 Å². The molecule has 1 fully saturated rings. The monoisotopic (exact) mass is 240 g/mol. The summed E-state index contributed by atoms with van der Waals surface area (Å²) in [5.74, 6) is 0. The zero-order chi connectivity index (χ0) is 11.9. The summed E-state index contributed by atoms with van der Waals surface area (Å²) in [6.07, 6.45) is 0.376. The molecule has 1 heterocycles. The van der Waals surface area contributed by atoms with E-state index in [0.29, 0.717) is 5.02 Å². The van der Waals surface area contributed by atoms with Crippen LogP contribution in [0.15, 0.2) is 18.2 Å². The van der Waals surface area contributed by atoms with Gasteiger partial charge >= 0.3 is 0 Å². The van der Waals surface area contributed by atoms with E-state index in [1.807, 2.05) is 18.2 Å². The van der Waals surface area contributed by atoms with E-state index in [9.17, 15) is 0 Å². The molecule has 0 radical (unpaired) electrons. The Kier molecular flexibility index (Phi) is 2.99. The number of hydrogen-bond acceptors (Lipinski definition) is 2. The topological polar surface area (TPSA) is 29.5 Å². The van der Waals surface area contributed by atoms with Crippen molar-refractivity contribution < 1.29 is 9.84 Å². The lowest BCUT2D eigenvalue weighted by Gasteiger charge is -2.50. The number of ether oxygens (including phenoxy) is 1. The van der Waals surface area contributed by atoms with E-state index in [1.165, 1.54) is 0 Å². The van der Waals surface area contributed by atoms with Gasteiger partial charge in [-0.25, -0.2) is 0 Å². The zero-order valence-electron chi connectivity index (χ0n) is 9.83. The Balaban J connectivity index is 2.27. The summed E-state index contributed by atoms with van der Waals surface area (Å²) in [5, 5.41) is 9.66. The van der Waals surface area contributed by atoms with Crippen LogP contribution in [0.2, 0.25) is 5.02 Å². The first kappa shape index (κ1) is 11.9. The van der Waals surface area contributed by atoms with Crippen molar-refractivity contribution in [3.05, 3.63) is 34.3 Å². The van der Waals surface area contributed by atoms with E-state index in [4.69, 9.17) is 21.4 Å². The molecule has 1 N–H and O–H groups in total. The summed E-state index contributed by atoms with van der Waals surface area (Å²) in [5.41, 5.74) is 1.99. The Morgan fingerprint density at radius 1 is 1.44 bits per heavy atom. The summed E-state index contributed by atoms with van der Waals surface area (Å²) in [6, 6.07) is 5.74. The molecule has 0 spiro atoms. The van der Waals surface area contributed by atoms with Crippen molar-refractivity contribution in [2.24, 2.45) is 5.41 Å². The molecule has 1 aromatic carbocycles. The van der Waals surface area contributed by atoms with Crippen molar-refractivity contribution in [1.82, 2.24) is 0 Å². The van der Waals surface area contributed by atoms with Crippen LogP contribution < -0.4 is 0 Å². The Hall–Kier alpha value is -0.570. The van der Waals surface area contributed by atoms with Crippen LogP contribution in [-0.4, -0.2) is 11.2 Å². The van der Waals surface area contributed by atoms with Crippen LogP contribution in [-0.2, 0) is 11.3 Å². The fraction of sp³-hybridized carbons (Fsp3) is 0.538. The molecule has 1 saturated heterocycles. The van der Waals surface area contributed by atoms with Crippen molar-refractivity contribution in [2.75, 3.05) is 0 Å². The van der Waals surface area contributed by atoms with Crippen molar-refractivity contribution in [3.8, 4) is 0 Å². The standard InChI is InChI=1S/C13H17ClO2/c1-8-13(2,3)12(16-8)9-4-5-10(7-15)11(14)6-9/h4-6,8,12,15H,7H2,1-3H3. The molecule has 0 bridgehead atoms. The highest BCUT2D eigenvalue weighted by Crippen LogP contribution is 2.51. The maximum Gasteiger partial charge on any atom is 0.0904 e. The van der Waals surface area contributed by atoms with E-state index in [2.05, 4.69) is 20.8 Å². The summed E-state index contributed by atoms with van der Waals surface area (Å²) >= 11 is 6.07. The highest BCUT2D eigenvalue weighted by Gasteiger charge is 2.47. The quantitative estimate of drug-likeness (QED) is 0.860. The van der Waals surface area contributed by atoms with Crippen LogP contribution >= 0.6 is 11.6 Å². The van der Waals surface area contributed by atoms with Crippen LogP contribution in [0, 0.1) is 5.41 Å². The van der Waals surface area contributed by atoms with Gasteiger partial charge in [0.1, 0.15) is 0 Å². The molecular weight excluding hydrogens is 224 g/mol. The van der Waals surface area contributed by atoms with Gasteiger partial charge in [0.2, 0.25) is 0 Å². The first-order valence-corrected chi connectivity index (χ1v) is 5.89. The molecule has 1 aromatic rings. The minimum Gasteiger partial charge on any atom is -0.392 e. The molecule has 1 aliphatic heterocycles. The fourth-order valence-electron chi connectivity index (χ4n) is 2.06. The van der Waals surface area contributed by atoms with Crippen LogP contribution in [0.1, 0.15) is 38.0 Å². The van der Waals surface area contributed by atoms with Crippen molar-refractivity contribution in [3.63, 3.8) is 0 Å². The molecule has 1 aliphatic rings. The van der Waals surface area contributed by atoms with Crippen LogP contribution in [0.5, 0.6) is 0 Å². The van der Waals surface area contributed by atoms with Gasteiger partial charge in [-0.1, -0.05) is 37.6 Å². The first-order chi connectivity index (χ1) is 7.46. The van der Waals surface area contributed by atoms with Crippen LogP contribution in [0.3, 0.4) is 0 Å². The van der Waals surface area contributed by atoms with Gasteiger partial charge in [0, 0.05) is 10.4 Å². The molecule has 0 aliphatic carbocycles. The predicted molar refractivity (Wildman–Crippen MR) is 64.4 cm³/mol. The van der Waals surface area contributed by atoms with Crippen molar-refractivity contribution >= 4 is 11.6 Å². The number of halogens is 1. The van der Waals surface area contributed by atoms with Gasteiger partial charge in [-0.15, -0.1) is 0 Å². The molecule has 16 heavy (non-hydrogen) atoms. The summed E-state index contributed by atoms with van der Waals surface area (Å²) < 4.78 is 5.75. The van der Waals surface area contributed by atoms with Gasteiger partial charge in [-0.05, 0) is 24.1 Å². The number of rotatable bonds is 2. The largest absolute Gasteiger partial charge is 0.392 e. The lowest BCUT2D eigenvalue weighted by molar-refractivity contribution is -0.230. The van der Waals surface area contributed by atoms with Gasteiger partial charge in [0.15, 0.2) is 0 Å². The van der Waals surface area contributed by atoms with E-state index >= 15 is 0 Å². The second-order valence-corrected chi connectivity index (χ2v) is 5.40. The maximum absolute atomic E-state index is 9.05. The lowest BCUT2D eigenvalue weighted by Crippen LogP contribution is -2.48. The Morgan fingerprint density at radius 3 is 2.56 bits per heavy atom. The Labute approximate surface area is 101 Å². The minimum atomic E-state index is -0.0234. The van der Waals surface area contributed by atoms with Gasteiger partial charge < -0.3 is 9.84 Å². The van der Waals surface area contributed by atoms with Crippen molar-refractivity contribution in [2.45, 2.75) is 39.6 Å². The summed E-state index contributed by atoms with van der Waals surface area (Å²) in [6.45, 7) is 6.45. The molecular formula is C13H17ClO2. The minimum absolute atomic E-state index is 0.0234. The average Bonchev–Trinajstić information content (AvgIpc) is 2.25. The van der Waals surface area contributed by atoms with E-state index < -0.39 is 0 Å². The van der Waals surface area contributed by atoms with Gasteiger partial charge in [0.25, 0.3) is 0 Å². The molecule has 2 nitrogen and oxygen atoms in total. The predicted octanol–water partition coefficient (Wildman–Crippen LogP) is 3.32. The highest BCUT2D eigenvalue weighted by molar-refractivity contribution is 6.31. The van der Waals surface area contributed by atoms with Gasteiger partial charge in [-0.2, -0.15) is 0 Å². The highest BCUT2D eigenvalue weighted by atomic mass is 35.5. The average molecular weight is 241 g/mol. The lowest BCUT2D eigenvalue weighted by atomic mass is 9.73. The first-order valence-electron chi connectivity index (χ1n) is 5.51. The summed E-state index contributed by atoms with van der Waals surface area (Å²) in [4.78, 5) is 0. The van der Waals surface area contributed by atoms with Gasteiger partial charge in [-0.3, -0.25) is 0 Å². The SMILES string of the molecule is CC1OC(c2ccc(CO)c(Cl)c2)C1(C)C. The number of aliphatic hydroxyl groups is 1. The molecule has 3 heteroatoms. The van der Waals surface area contributed by atoms with Crippen LogP contribution in [0.4, 0.5) is 0 Å². The van der Waals surface area contributed by atoms with E-state index in [0.717, 1.165) is 11.1 Å². The summed E-state index contributed by atoms with van der Waals surface area (Å²) in [7, 11) is 0. The second kappa shape index (κ2) is 4.02.